The summed E-state index contributed by atoms with van der Waals surface area (Å²) in [4.78, 5) is 0.577. The lowest BCUT2D eigenvalue weighted by Crippen LogP contribution is -2.15. The Balaban J connectivity index is 2.44. The number of thiocarbonyl (C=S) groups is 1. The maximum Gasteiger partial charge on any atom is 0.0997 e. The van der Waals surface area contributed by atoms with E-state index < -0.39 is 0 Å². The van der Waals surface area contributed by atoms with E-state index >= 15 is 0 Å². The fraction of sp³-hybridized carbons (Fsp3) is 0.308. The van der Waals surface area contributed by atoms with Crippen LogP contribution in [0.2, 0.25) is 0 Å². The molecule has 2 heteroatoms. The average molecular weight is 217 g/mol. The molecule has 0 spiro atoms. The molecular weight excluding hydrogens is 202 g/mol. The van der Waals surface area contributed by atoms with E-state index in [1.54, 1.807) is 0 Å². The third kappa shape index (κ3) is 2.26. The molecule has 0 aromatic heterocycles. The van der Waals surface area contributed by atoms with Crippen LogP contribution >= 0.6 is 12.2 Å². The number of hydrogen-bond donors (Lipinski definition) is 1. The van der Waals surface area contributed by atoms with Gasteiger partial charge in [0.05, 0.1) is 4.99 Å². The maximum absolute atomic E-state index is 5.77. The Labute approximate surface area is 96.0 Å². The van der Waals surface area contributed by atoms with Crippen LogP contribution in [0.15, 0.2) is 35.9 Å². The molecule has 0 radical (unpaired) electrons. The quantitative estimate of drug-likeness (QED) is 0.769. The Hall–Kier alpha value is -1.15. The zero-order chi connectivity index (χ0) is 10.7. The maximum atomic E-state index is 5.77. The summed E-state index contributed by atoms with van der Waals surface area (Å²) >= 11 is 5.11. The molecule has 0 heterocycles. The number of hydrogen-bond acceptors (Lipinski definition) is 1. The van der Waals surface area contributed by atoms with Crippen molar-refractivity contribution in [3.05, 3.63) is 41.5 Å². The lowest BCUT2D eigenvalue weighted by atomic mass is 9.87. The van der Waals surface area contributed by atoms with Crippen LogP contribution in [0.25, 0.3) is 5.57 Å². The third-order valence-electron chi connectivity index (χ3n) is 2.89. The molecule has 0 atom stereocenters. The van der Waals surface area contributed by atoms with Gasteiger partial charge >= 0.3 is 0 Å². The van der Waals surface area contributed by atoms with Gasteiger partial charge in [-0.3, -0.25) is 0 Å². The SMILES string of the molecule is NC(=S)C1=C(c2ccccc2)CCCC1. The van der Waals surface area contributed by atoms with Gasteiger partial charge < -0.3 is 5.73 Å². The molecular formula is C13H15NS. The third-order valence-corrected chi connectivity index (χ3v) is 3.13. The number of benzene rings is 1. The molecule has 0 unspecified atom stereocenters. The van der Waals surface area contributed by atoms with Gasteiger partial charge in [-0.1, -0.05) is 42.5 Å². The van der Waals surface area contributed by atoms with Gasteiger partial charge in [-0.05, 0) is 42.4 Å². The van der Waals surface area contributed by atoms with E-state index in [0.717, 1.165) is 12.8 Å². The van der Waals surface area contributed by atoms with Crippen LogP contribution in [0.4, 0.5) is 0 Å². The van der Waals surface area contributed by atoms with E-state index in [1.807, 2.05) is 6.07 Å². The van der Waals surface area contributed by atoms with Gasteiger partial charge in [-0.25, -0.2) is 0 Å². The number of rotatable bonds is 2. The first-order valence-corrected chi connectivity index (χ1v) is 5.77. The molecule has 0 amide bonds. The smallest absolute Gasteiger partial charge is 0.0997 e. The average Bonchev–Trinajstić information content (AvgIpc) is 2.30. The largest absolute Gasteiger partial charge is 0.390 e. The van der Waals surface area contributed by atoms with Gasteiger partial charge in [0.15, 0.2) is 0 Å². The summed E-state index contributed by atoms with van der Waals surface area (Å²) < 4.78 is 0. The lowest BCUT2D eigenvalue weighted by Gasteiger charge is -2.19. The van der Waals surface area contributed by atoms with Gasteiger partial charge in [0, 0.05) is 0 Å². The number of allylic oxidation sites excluding steroid dienone is 1. The van der Waals surface area contributed by atoms with Gasteiger partial charge in [0.1, 0.15) is 0 Å². The van der Waals surface area contributed by atoms with Crippen molar-refractivity contribution in [2.45, 2.75) is 25.7 Å². The van der Waals surface area contributed by atoms with E-state index in [4.69, 9.17) is 18.0 Å². The molecule has 0 bridgehead atoms. The van der Waals surface area contributed by atoms with E-state index in [9.17, 15) is 0 Å². The molecule has 1 nitrogen and oxygen atoms in total. The van der Waals surface area contributed by atoms with Crippen molar-refractivity contribution >= 4 is 22.8 Å². The fourth-order valence-electron chi connectivity index (χ4n) is 2.14. The topological polar surface area (TPSA) is 26.0 Å². The zero-order valence-corrected chi connectivity index (χ0v) is 9.52. The Morgan fingerprint density at radius 3 is 2.40 bits per heavy atom. The summed E-state index contributed by atoms with van der Waals surface area (Å²) in [5, 5.41) is 0. The van der Waals surface area contributed by atoms with Crippen LogP contribution in [-0.2, 0) is 0 Å². The lowest BCUT2D eigenvalue weighted by molar-refractivity contribution is 0.730. The molecule has 2 rings (SSSR count). The monoisotopic (exact) mass is 217 g/mol. The van der Waals surface area contributed by atoms with Crippen molar-refractivity contribution in [1.29, 1.82) is 0 Å². The van der Waals surface area contributed by atoms with Crippen LogP contribution < -0.4 is 5.73 Å². The van der Waals surface area contributed by atoms with Crippen LogP contribution in [0.5, 0.6) is 0 Å². The molecule has 2 N–H and O–H groups in total. The van der Waals surface area contributed by atoms with Crippen LogP contribution in [0, 0.1) is 0 Å². The Morgan fingerprint density at radius 1 is 1.07 bits per heavy atom. The summed E-state index contributed by atoms with van der Waals surface area (Å²) in [5.41, 5.74) is 9.60. The van der Waals surface area contributed by atoms with Crippen LogP contribution in [0.1, 0.15) is 31.2 Å². The zero-order valence-electron chi connectivity index (χ0n) is 8.70. The summed E-state index contributed by atoms with van der Waals surface area (Å²) in [6.45, 7) is 0. The summed E-state index contributed by atoms with van der Waals surface area (Å²) in [5.74, 6) is 0. The van der Waals surface area contributed by atoms with Gasteiger partial charge in [-0.15, -0.1) is 0 Å². The predicted molar refractivity (Wildman–Crippen MR) is 68.6 cm³/mol. The number of nitrogens with two attached hydrogens (primary N) is 1. The van der Waals surface area contributed by atoms with E-state index in [1.165, 1.54) is 29.6 Å². The highest BCUT2D eigenvalue weighted by molar-refractivity contribution is 7.80. The summed E-state index contributed by atoms with van der Waals surface area (Å²) in [6, 6.07) is 10.4. The van der Waals surface area contributed by atoms with Crippen molar-refractivity contribution in [1.82, 2.24) is 0 Å². The Bertz CT molecular complexity index is 392. The Kier molecular flexibility index (Phi) is 3.17. The first-order valence-electron chi connectivity index (χ1n) is 5.36. The van der Waals surface area contributed by atoms with E-state index in [0.29, 0.717) is 4.99 Å². The highest BCUT2D eigenvalue weighted by atomic mass is 32.1. The molecule has 1 aromatic carbocycles. The van der Waals surface area contributed by atoms with Crippen molar-refractivity contribution in [3.63, 3.8) is 0 Å². The van der Waals surface area contributed by atoms with Gasteiger partial charge in [0.2, 0.25) is 0 Å². The molecule has 1 aromatic rings. The fourth-order valence-corrected chi connectivity index (χ4v) is 2.36. The minimum atomic E-state index is 0.577. The molecule has 0 aliphatic heterocycles. The van der Waals surface area contributed by atoms with Gasteiger partial charge in [0.25, 0.3) is 0 Å². The molecule has 15 heavy (non-hydrogen) atoms. The van der Waals surface area contributed by atoms with E-state index in [-0.39, 0.29) is 0 Å². The molecule has 1 aliphatic carbocycles. The second-order valence-corrected chi connectivity index (χ2v) is 4.33. The first kappa shape index (κ1) is 10.4. The second-order valence-electron chi connectivity index (χ2n) is 3.89. The minimum absolute atomic E-state index is 0.577. The van der Waals surface area contributed by atoms with Crippen LogP contribution in [0.3, 0.4) is 0 Å². The highest BCUT2D eigenvalue weighted by Crippen LogP contribution is 2.32. The molecule has 78 valence electrons. The summed E-state index contributed by atoms with van der Waals surface area (Å²) in [6.07, 6.45) is 4.61. The molecule has 0 fully saturated rings. The molecule has 0 saturated carbocycles. The van der Waals surface area contributed by atoms with Crippen molar-refractivity contribution < 1.29 is 0 Å². The van der Waals surface area contributed by atoms with E-state index in [2.05, 4.69) is 24.3 Å². The molecule has 1 aliphatic rings. The highest BCUT2D eigenvalue weighted by Gasteiger charge is 2.15. The molecule has 0 saturated heterocycles. The van der Waals surface area contributed by atoms with Crippen molar-refractivity contribution in [2.24, 2.45) is 5.73 Å². The standard InChI is InChI=1S/C13H15NS/c14-13(15)12-9-5-4-8-11(12)10-6-2-1-3-7-10/h1-3,6-7H,4-5,8-9H2,(H2,14,15). The van der Waals surface area contributed by atoms with Crippen molar-refractivity contribution in [2.75, 3.05) is 0 Å². The Morgan fingerprint density at radius 2 is 1.73 bits per heavy atom. The van der Waals surface area contributed by atoms with Crippen molar-refractivity contribution in [3.8, 4) is 0 Å². The van der Waals surface area contributed by atoms with Crippen LogP contribution in [-0.4, -0.2) is 4.99 Å². The normalized spacial score (nSPS) is 16.5. The summed E-state index contributed by atoms with van der Waals surface area (Å²) in [7, 11) is 0. The minimum Gasteiger partial charge on any atom is -0.390 e. The second kappa shape index (κ2) is 4.58. The first-order chi connectivity index (χ1) is 7.29. The van der Waals surface area contributed by atoms with Gasteiger partial charge in [-0.2, -0.15) is 0 Å². The predicted octanol–water partition coefficient (Wildman–Crippen LogP) is 3.30.